The first kappa shape index (κ1) is 29.1. The van der Waals surface area contributed by atoms with Crippen LogP contribution in [0.2, 0.25) is 5.02 Å². The quantitative estimate of drug-likeness (QED) is 0.282. The van der Waals surface area contributed by atoms with Crippen molar-refractivity contribution in [3.8, 4) is 6.01 Å². The third-order valence-electron chi connectivity index (χ3n) is 8.79. The van der Waals surface area contributed by atoms with E-state index in [2.05, 4.69) is 44.7 Å². The van der Waals surface area contributed by atoms with Gasteiger partial charge in [-0.2, -0.15) is 9.97 Å². The Morgan fingerprint density at radius 2 is 2.00 bits per heavy atom. The largest absolute Gasteiger partial charge is 0.463 e. The molecule has 1 saturated heterocycles. The minimum Gasteiger partial charge on any atom is -0.463 e. The van der Waals surface area contributed by atoms with Crippen molar-refractivity contribution < 1.29 is 13.9 Å². The first-order valence-corrected chi connectivity index (χ1v) is 15.0. The lowest BCUT2D eigenvalue weighted by Crippen LogP contribution is -2.57. The first-order valence-electron chi connectivity index (χ1n) is 14.7. The summed E-state index contributed by atoms with van der Waals surface area (Å²) in [5.74, 6) is -1.01. The van der Waals surface area contributed by atoms with Crippen molar-refractivity contribution in [2.75, 3.05) is 62.7 Å². The lowest BCUT2D eigenvalue weighted by molar-refractivity contribution is -0.131. The summed E-state index contributed by atoms with van der Waals surface area (Å²) in [5.41, 5.74) is 3.06. The average Bonchev–Trinajstić information content (AvgIpc) is 3.78. The summed E-state index contributed by atoms with van der Waals surface area (Å²) < 4.78 is 20.1. The summed E-state index contributed by atoms with van der Waals surface area (Å²) in [6, 6.07) is 12.0. The van der Waals surface area contributed by atoms with Gasteiger partial charge in [-0.3, -0.25) is 4.79 Å². The van der Waals surface area contributed by atoms with Crippen LogP contribution in [0, 0.1) is 12.0 Å². The Kier molecular flexibility index (Phi) is 8.12. The van der Waals surface area contributed by atoms with Crippen LogP contribution in [-0.4, -0.2) is 79.7 Å². The Morgan fingerprint density at radius 1 is 1.21 bits per heavy atom. The Labute approximate surface area is 256 Å². The molecule has 1 N–H and O–H groups in total. The zero-order valence-corrected chi connectivity index (χ0v) is 25.0. The highest BCUT2D eigenvalue weighted by atomic mass is 35.5. The fourth-order valence-corrected chi connectivity index (χ4v) is 6.61. The summed E-state index contributed by atoms with van der Waals surface area (Å²) >= 11 is 6.68. The van der Waals surface area contributed by atoms with Gasteiger partial charge in [-0.1, -0.05) is 42.4 Å². The van der Waals surface area contributed by atoms with Gasteiger partial charge in [0.2, 0.25) is 6.54 Å². The predicted molar refractivity (Wildman–Crippen MR) is 166 cm³/mol. The van der Waals surface area contributed by atoms with E-state index >= 15 is 0 Å². The monoisotopic (exact) mass is 603 g/mol. The molecule has 1 amide bonds. The number of carbonyl (C=O) groups excluding carboxylic acids is 1. The maximum absolute atomic E-state index is 13.8. The number of carbonyl (C=O) groups is 1. The van der Waals surface area contributed by atoms with Gasteiger partial charge < -0.3 is 29.6 Å². The van der Waals surface area contributed by atoms with Gasteiger partial charge in [0.05, 0.1) is 23.9 Å². The van der Waals surface area contributed by atoms with Gasteiger partial charge in [0.1, 0.15) is 11.9 Å². The number of benzene rings is 2. The molecular weight excluding hydrogens is 569 g/mol. The summed E-state index contributed by atoms with van der Waals surface area (Å²) in [6.07, 6.45) is 2.88. The van der Waals surface area contributed by atoms with Crippen molar-refractivity contribution in [1.82, 2.24) is 20.2 Å². The molecule has 3 aromatic rings. The van der Waals surface area contributed by atoms with Gasteiger partial charge in [-0.15, -0.1) is 0 Å². The van der Waals surface area contributed by atoms with E-state index in [4.69, 9.17) is 32.9 Å². The number of fused-ring (bicyclic) bond motifs is 2. The Bertz CT molecular complexity index is 1600. The molecule has 3 heterocycles. The number of amides is 1. The number of nitrogens with one attached hydrogen (secondary N) is 1. The lowest BCUT2D eigenvalue weighted by atomic mass is 10.0. The van der Waals surface area contributed by atoms with Gasteiger partial charge in [0.25, 0.3) is 5.91 Å². The number of ether oxygens (including phenoxy) is 1. The maximum atomic E-state index is 13.8. The zero-order valence-electron chi connectivity index (χ0n) is 24.3. The van der Waals surface area contributed by atoms with Crippen LogP contribution in [0.15, 0.2) is 48.8 Å². The normalized spacial score (nSPS) is 19.1. The van der Waals surface area contributed by atoms with E-state index in [0.717, 1.165) is 59.5 Å². The van der Waals surface area contributed by atoms with E-state index in [-0.39, 0.29) is 18.5 Å². The first-order chi connectivity index (χ1) is 20.8. The van der Waals surface area contributed by atoms with Crippen LogP contribution in [0.4, 0.5) is 15.9 Å². The number of hydrogen-bond acceptors (Lipinski definition) is 7. The number of anilines is 2. The Hall–Kier alpha value is -3.94. The molecule has 11 heteroatoms. The van der Waals surface area contributed by atoms with Crippen molar-refractivity contribution in [2.24, 2.45) is 5.41 Å². The number of aromatic nitrogens is 2. The number of hydrogen-bond donors (Lipinski definition) is 1. The topological polar surface area (TPSA) is 78.2 Å². The summed E-state index contributed by atoms with van der Waals surface area (Å²) in [7, 11) is 1.95. The van der Waals surface area contributed by atoms with Crippen molar-refractivity contribution in [3.05, 3.63) is 76.5 Å². The zero-order chi connectivity index (χ0) is 30.1. The molecule has 1 aromatic heterocycles. The van der Waals surface area contributed by atoms with E-state index in [1.165, 1.54) is 4.90 Å². The number of nitrogens with zero attached hydrogens (tertiary/aromatic N) is 6. The smallest absolute Gasteiger partial charge is 0.318 e. The third-order valence-corrected chi connectivity index (χ3v) is 9.10. The van der Waals surface area contributed by atoms with Crippen molar-refractivity contribution in [3.63, 3.8) is 0 Å². The SMILES string of the molecule is [C-]#[N+]C[C@H]1CN(c2nc(OCC3(CNC)CC3)nc3c2CCN(c2cccc4cccc(Cl)c24)C3)CCN1C(=O)C(=C)F. The van der Waals surface area contributed by atoms with E-state index in [0.29, 0.717) is 43.7 Å². The molecule has 43 heavy (non-hydrogen) atoms. The second-order valence-electron chi connectivity index (χ2n) is 11.7. The molecule has 3 aliphatic rings. The van der Waals surface area contributed by atoms with Crippen LogP contribution in [0.25, 0.3) is 15.6 Å². The van der Waals surface area contributed by atoms with Crippen LogP contribution < -0.4 is 19.9 Å². The molecule has 2 aromatic carbocycles. The van der Waals surface area contributed by atoms with Gasteiger partial charge in [0, 0.05) is 54.8 Å². The molecule has 0 radical (unpaired) electrons. The van der Waals surface area contributed by atoms with Crippen molar-refractivity contribution in [2.45, 2.75) is 31.8 Å². The summed E-state index contributed by atoms with van der Waals surface area (Å²) in [4.78, 5) is 31.7. The van der Waals surface area contributed by atoms with Gasteiger partial charge in [-0.25, -0.2) is 11.0 Å². The lowest BCUT2D eigenvalue weighted by Gasteiger charge is -2.41. The van der Waals surface area contributed by atoms with Gasteiger partial charge in [0.15, 0.2) is 5.83 Å². The van der Waals surface area contributed by atoms with E-state index in [1.807, 2.05) is 25.2 Å². The number of halogens is 2. The van der Waals surface area contributed by atoms with Crippen molar-refractivity contribution in [1.29, 1.82) is 0 Å². The molecule has 6 rings (SSSR count). The van der Waals surface area contributed by atoms with Crippen LogP contribution >= 0.6 is 11.6 Å². The number of piperazine rings is 1. The predicted octanol–water partition coefficient (Wildman–Crippen LogP) is 4.64. The minimum atomic E-state index is -1.01. The van der Waals surface area contributed by atoms with Gasteiger partial charge in [-0.05, 0) is 43.8 Å². The van der Waals surface area contributed by atoms with Crippen LogP contribution in [0.3, 0.4) is 0 Å². The second kappa shape index (κ2) is 12.0. The third kappa shape index (κ3) is 5.84. The van der Waals surface area contributed by atoms with Gasteiger partial charge >= 0.3 is 6.01 Å². The molecule has 0 spiro atoms. The molecule has 224 valence electrons. The standard InChI is InChI=1S/C32H35ClFN7O2/c1-21(34)30(42)41-15-14-40(17-23(41)16-35-2)29-24-10-13-39(27-9-5-7-22-6-4-8-25(33)28(22)27)18-26(24)37-31(38-29)43-20-32(11-12-32)19-36-3/h4-9,23,36H,1,10-20H2,3H3/t23-/m0/s1. The highest BCUT2D eigenvalue weighted by Gasteiger charge is 2.43. The molecule has 1 atom stereocenters. The van der Waals surface area contributed by atoms with E-state index < -0.39 is 17.8 Å². The molecule has 2 fully saturated rings. The molecule has 1 aliphatic carbocycles. The molecule has 1 saturated carbocycles. The maximum Gasteiger partial charge on any atom is 0.318 e. The molecule has 2 aliphatic heterocycles. The van der Waals surface area contributed by atoms with E-state index in [9.17, 15) is 9.18 Å². The summed E-state index contributed by atoms with van der Waals surface area (Å²) in [6.45, 7) is 14.5. The molecule has 0 bridgehead atoms. The Balaban J connectivity index is 1.34. The van der Waals surface area contributed by atoms with Crippen LogP contribution in [0.5, 0.6) is 6.01 Å². The highest BCUT2D eigenvalue weighted by Crippen LogP contribution is 2.45. The minimum absolute atomic E-state index is 0.0638. The molecule has 9 nitrogen and oxygen atoms in total. The average molecular weight is 604 g/mol. The number of rotatable bonds is 9. The fraction of sp³-hybridized carbons (Fsp3) is 0.438. The summed E-state index contributed by atoms with van der Waals surface area (Å²) in [5, 5.41) is 6.07. The van der Waals surface area contributed by atoms with Crippen LogP contribution in [-0.2, 0) is 17.8 Å². The second-order valence-corrected chi connectivity index (χ2v) is 12.1. The fourth-order valence-electron chi connectivity index (χ4n) is 6.33. The highest BCUT2D eigenvalue weighted by molar-refractivity contribution is 6.36. The van der Waals surface area contributed by atoms with Crippen molar-refractivity contribution >= 4 is 39.8 Å². The Morgan fingerprint density at radius 3 is 2.72 bits per heavy atom. The molecule has 0 unspecified atom stereocenters. The van der Waals surface area contributed by atoms with E-state index in [1.54, 1.807) is 0 Å². The molecular formula is C32H35ClFN7O2. The van der Waals surface area contributed by atoms with Crippen LogP contribution in [0.1, 0.15) is 24.1 Å².